The number of anilines is 2. The highest BCUT2D eigenvalue weighted by Crippen LogP contribution is 2.22. The molecule has 4 N–H and O–H groups in total. The highest BCUT2D eigenvalue weighted by Gasteiger charge is 2.20. The molecule has 2 rings (SSSR count). The van der Waals surface area contributed by atoms with Crippen LogP contribution < -0.4 is 10.5 Å². The van der Waals surface area contributed by atoms with Crippen molar-refractivity contribution in [3.05, 3.63) is 35.8 Å². The molecule has 0 aliphatic heterocycles. The summed E-state index contributed by atoms with van der Waals surface area (Å²) in [6, 6.07) is 3.75. The minimum absolute atomic E-state index is 0.0535. The summed E-state index contributed by atoms with van der Waals surface area (Å²) >= 11 is 0. The van der Waals surface area contributed by atoms with Crippen molar-refractivity contribution < 1.29 is 12.8 Å². The van der Waals surface area contributed by atoms with Gasteiger partial charge in [-0.1, -0.05) is 0 Å². The molecule has 0 unspecified atom stereocenters. The van der Waals surface area contributed by atoms with Crippen LogP contribution in [0.1, 0.15) is 5.56 Å². The predicted octanol–water partition coefficient (Wildman–Crippen LogP) is 1.24. The Hall–Kier alpha value is -2.09. The smallest absolute Gasteiger partial charge is 0.267 e. The molecule has 2 aromatic rings. The summed E-state index contributed by atoms with van der Waals surface area (Å²) < 4.78 is 39.2. The Morgan fingerprint density at radius 2 is 2.17 bits per heavy atom. The van der Waals surface area contributed by atoms with E-state index in [4.69, 9.17) is 5.73 Å². The van der Waals surface area contributed by atoms with E-state index in [9.17, 15) is 12.8 Å². The van der Waals surface area contributed by atoms with Gasteiger partial charge in [-0.2, -0.15) is 5.10 Å². The van der Waals surface area contributed by atoms with Crippen LogP contribution in [-0.2, 0) is 10.0 Å². The van der Waals surface area contributed by atoms with Gasteiger partial charge in [0.25, 0.3) is 10.0 Å². The van der Waals surface area contributed by atoms with Crippen LogP contribution in [0.15, 0.2) is 29.3 Å². The van der Waals surface area contributed by atoms with Crippen LogP contribution in [0.5, 0.6) is 0 Å². The summed E-state index contributed by atoms with van der Waals surface area (Å²) in [6.07, 6.45) is 1.11. The SMILES string of the molecule is Cc1cc(F)ccc1NS(=O)(=O)c1cn[nH]c1N. The normalized spacial score (nSPS) is 11.4. The zero-order chi connectivity index (χ0) is 13.3. The molecular formula is C10H11FN4O2S. The average Bonchev–Trinajstić information content (AvgIpc) is 2.69. The largest absolute Gasteiger partial charge is 0.383 e. The van der Waals surface area contributed by atoms with Crippen LogP contribution >= 0.6 is 0 Å². The second-order valence-corrected chi connectivity index (χ2v) is 5.36. The number of hydrogen-bond donors (Lipinski definition) is 3. The van der Waals surface area contributed by atoms with E-state index >= 15 is 0 Å². The number of aromatic nitrogens is 2. The summed E-state index contributed by atoms with van der Waals surface area (Å²) in [5.74, 6) is -0.486. The molecule has 0 fully saturated rings. The van der Waals surface area contributed by atoms with E-state index in [1.165, 1.54) is 18.2 Å². The lowest BCUT2D eigenvalue weighted by molar-refractivity contribution is 0.601. The minimum atomic E-state index is -3.83. The fourth-order valence-corrected chi connectivity index (χ4v) is 2.60. The van der Waals surface area contributed by atoms with Gasteiger partial charge in [-0.05, 0) is 30.7 Å². The standard InChI is InChI=1S/C10H11FN4O2S/c1-6-4-7(11)2-3-8(6)15-18(16,17)9-5-13-14-10(9)12/h2-5,15H,1H3,(H3,12,13,14). The first-order valence-corrected chi connectivity index (χ1v) is 6.46. The summed E-state index contributed by atoms with van der Waals surface area (Å²) in [5.41, 5.74) is 6.21. The number of rotatable bonds is 3. The van der Waals surface area contributed by atoms with E-state index < -0.39 is 15.8 Å². The third-order valence-electron chi connectivity index (χ3n) is 2.35. The fourth-order valence-electron chi connectivity index (χ4n) is 1.44. The van der Waals surface area contributed by atoms with Crippen LogP contribution in [0.4, 0.5) is 15.9 Å². The first-order chi connectivity index (χ1) is 8.40. The number of halogens is 1. The Bertz CT molecular complexity index is 681. The van der Waals surface area contributed by atoms with E-state index in [0.717, 1.165) is 6.20 Å². The van der Waals surface area contributed by atoms with Gasteiger partial charge < -0.3 is 5.73 Å². The van der Waals surface area contributed by atoms with Gasteiger partial charge in [-0.3, -0.25) is 9.82 Å². The molecule has 0 atom stereocenters. The van der Waals surface area contributed by atoms with Crippen molar-refractivity contribution in [2.45, 2.75) is 11.8 Å². The lowest BCUT2D eigenvalue weighted by Gasteiger charge is -2.09. The molecule has 6 nitrogen and oxygen atoms in total. The average molecular weight is 270 g/mol. The van der Waals surface area contributed by atoms with Crippen LogP contribution in [0.3, 0.4) is 0 Å². The molecule has 0 bridgehead atoms. The minimum Gasteiger partial charge on any atom is -0.383 e. The van der Waals surface area contributed by atoms with Crippen LogP contribution in [0.25, 0.3) is 0 Å². The maximum Gasteiger partial charge on any atom is 0.267 e. The molecule has 0 radical (unpaired) electrons. The van der Waals surface area contributed by atoms with Gasteiger partial charge in [0.1, 0.15) is 16.5 Å². The van der Waals surface area contributed by atoms with E-state index in [1.54, 1.807) is 6.92 Å². The molecule has 0 spiro atoms. The Kier molecular flexibility index (Phi) is 2.95. The number of nitrogen functional groups attached to an aromatic ring is 1. The molecular weight excluding hydrogens is 259 g/mol. The van der Waals surface area contributed by atoms with E-state index in [-0.39, 0.29) is 16.4 Å². The summed E-state index contributed by atoms with van der Waals surface area (Å²) in [7, 11) is -3.83. The second-order valence-electron chi connectivity index (χ2n) is 3.71. The van der Waals surface area contributed by atoms with Crippen molar-refractivity contribution >= 4 is 21.5 Å². The number of aromatic amines is 1. The van der Waals surface area contributed by atoms with Crippen LogP contribution in [0, 0.1) is 12.7 Å². The second kappa shape index (κ2) is 4.30. The van der Waals surface area contributed by atoms with Crippen LogP contribution in [-0.4, -0.2) is 18.6 Å². The number of H-pyrrole nitrogens is 1. The number of benzene rings is 1. The van der Waals surface area contributed by atoms with E-state index in [1.807, 2.05) is 0 Å². The number of nitrogens with one attached hydrogen (secondary N) is 2. The first kappa shape index (κ1) is 12.4. The molecule has 8 heteroatoms. The van der Waals surface area contributed by atoms with Crippen molar-refractivity contribution in [2.24, 2.45) is 0 Å². The van der Waals surface area contributed by atoms with Gasteiger partial charge in [0, 0.05) is 0 Å². The Labute approximate surface area is 103 Å². The summed E-state index contributed by atoms with van der Waals surface area (Å²) in [6.45, 7) is 1.60. The van der Waals surface area contributed by atoms with Crippen molar-refractivity contribution in [2.75, 3.05) is 10.5 Å². The molecule has 96 valence electrons. The zero-order valence-corrected chi connectivity index (χ0v) is 10.3. The first-order valence-electron chi connectivity index (χ1n) is 4.98. The summed E-state index contributed by atoms with van der Waals surface area (Å²) in [4.78, 5) is -0.147. The van der Waals surface area contributed by atoms with Gasteiger partial charge in [0.15, 0.2) is 0 Å². The Morgan fingerprint density at radius 3 is 2.72 bits per heavy atom. The van der Waals surface area contributed by atoms with Gasteiger partial charge in [0.05, 0.1) is 11.9 Å². The monoisotopic (exact) mass is 270 g/mol. The van der Waals surface area contributed by atoms with Gasteiger partial charge in [0.2, 0.25) is 0 Å². The number of nitrogens with two attached hydrogens (primary N) is 1. The predicted molar refractivity (Wildman–Crippen MR) is 64.9 cm³/mol. The Morgan fingerprint density at radius 1 is 1.44 bits per heavy atom. The van der Waals surface area contributed by atoms with Gasteiger partial charge >= 0.3 is 0 Å². The molecule has 0 saturated heterocycles. The molecule has 0 aliphatic carbocycles. The van der Waals surface area contributed by atoms with Crippen molar-refractivity contribution in [1.29, 1.82) is 0 Å². The summed E-state index contributed by atoms with van der Waals surface area (Å²) in [5, 5.41) is 5.87. The molecule has 18 heavy (non-hydrogen) atoms. The third kappa shape index (κ3) is 2.28. The quantitative estimate of drug-likeness (QED) is 0.781. The highest BCUT2D eigenvalue weighted by molar-refractivity contribution is 7.92. The molecule has 1 heterocycles. The zero-order valence-electron chi connectivity index (χ0n) is 9.44. The van der Waals surface area contributed by atoms with Crippen molar-refractivity contribution in [1.82, 2.24) is 10.2 Å². The lowest BCUT2D eigenvalue weighted by atomic mass is 10.2. The highest BCUT2D eigenvalue weighted by atomic mass is 32.2. The molecule has 1 aromatic heterocycles. The molecule has 0 amide bonds. The van der Waals surface area contributed by atoms with Gasteiger partial charge in [-0.25, -0.2) is 12.8 Å². The van der Waals surface area contributed by atoms with E-state index in [2.05, 4.69) is 14.9 Å². The molecule has 1 aromatic carbocycles. The number of sulfonamides is 1. The molecule has 0 aliphatic rings. The number of hydrogen-bond acceptors (Lipinski definition) is 4. The Balaban J connectivity index is 2.37. The third-order valence-corrected chi connectivity index (χ3v) is 3.75. The maximum atomic E-state index is 12.9. The molecule has 0 saturated carbocycles. The fraction of sp³-hybridized carbons (Fsp3) is 0.100. The topological polar surface area (TPSA) is 101 Å². The lowest BCUT2D eigenvalue weighted by Crippen LogP contribution is -2.14. The van der Waals surface area contributed by atoms with Crippen molar-refractivity contribution in [3.63, 3.8) is 0 Å². The maximum absolute atomic E-state index is 12.9. The number of nitrogens with zero attached hydrogens (tertiary/aromatic N) is 1. The van der Waals surface area contributed by atoms with Crippen molar-refractivity contribution in [3.8, 4) is 0 Å². The van der Waals surface area contributed by atoms with Gasteiger partial charge in [-0.15, -0.1) is 0 Å². The van der Waals surface area contributed by atoms with Crippen LogP contribution in [0.2, 0.25) is 0 Å². The van der Waals surface area contributed by atoms with E-state index in [0.29, 0.717) is 5.56 Å². The number of aryl methyl sites for hydroxylation is 1.